The third-order valence-electron chi connectivity index (χ3n) is 2.90. The van der Waals surface area contributed by atoms with Gasteiger partial charge in [0.05, 0.1) is 16.2 Å². The number of anilines is 1. The van der Waals surface area contributed by atoms with Crippen molar-refractivity contribution < 1.29 is 13.6 Å². The molecule has 1 atom stereocenters. The highest BCUT2D eigenvalue weighted by Gasteiger charge is 2.17. The highest BCUT2D eigenvalue weighted by molar-refractivity contribution is 9.10. The Labute approximate surface area is 129 Å². The largest absolute Gasteiger partial charge is 0.322 e. The first kappa shape index (κ1) is 15.6. The van der Waals surface area contributed by atoms with Crippen LogP contribution in [0.3, 0.4) is 0 Å². The first-order chi connectivity index (χ1) is 9.97. The van der Waals surface area contributed by atoms with E-state index in [1.165, 1.54) is 0 Å². The molecule has 0 radical (unpaired) electrons. The zero-order valence-electron chi connectivity index (χ0n) is 10.9. The zero-order valence-corrected chi connectivity index (χ0v) is 12.5. The van der Waals surface area contributed by atoms with Gasteiger partial charge in [-0.2, -0.15) is 0 Å². The molecule has 0 saturated heterocycles. The minimum Gasteiger partial charge on any atom is -0.322 e. The Morgan fingerprint density at radius 1 is 1.19 bits per heavy atom. The molecule has 0 aromatic heterocycles. The van der Waals surface area contributed by atoms with Crippen LogP contribution in [-0.4, -0.2) is 11.9 Å². The number of nitrogens with one attached hydrogen (secondary N) is 1. The molecule has 110 valence electrons. The van der Waals surface area contributed by atoms with Gasteiger partial charge in [-0.05, 0) is 34.0 Å². The molecular formula is C15H13BrF2N2O. The number of nitrogens with two attached hydrogens (primary N) is 1. The Bertz CT molecular complexity index is 650. The second kappa shape index (κ2) is 6.78. The van der Waals surface area contributed by atoms with Gasteiger partial charge in [-0.15, -0.1) is 0 Å². The number of carbonyl (C=O) groups is 1. The van der Waals surface area contributed by atoms with E-state index in [0.717, 1.165) is 17.7 Å². The molecule has 0 bridgehead atoms. The van der Waals surface area contributed by atoms with E-state index < -0.39 is 23.6 Å². The van der Waals surface area contributed by atoms with Crippen molar-refractivity contribution in [2.45, 2.75) is 12.5 Å². The number of hydrogen-bond donors (Lipinski definition) is 2. The summed E-state index contributed by atoms with van der Waals surface area (Å²) in [4.78, 5) is 11.9. The van der Waals surface area contributed by atoms with E-state index in [0.29, 0.717) is 6.42 Å². The molecule has 0 heterocycles. The van der Waals surface area contributed by atoms with Crippen LogP contribution in [0, 0.1) is 11.6 Å². The fourth-order valence-electron chi connectivity index (χ4n) is 1.80. The van der Waals surface area contributed by atoms with Crippen molar-refractivity contribution >= 4 is 27.5 Å². The zero-order chi connectivity index (χ0) is 15.4. The monoisotopic (exact) mass is 354 g/mol. The van der Waals surface area contributed by atoms with Crippen molar-refractivity contribution in [2.24, 2.45) is 5.73 Å². The van der Waals surface area contributed by atoms with Crippen molar-refractivity contribution in [3.05, 3.63) is 64.1 Å². The Hall–Kier alpha value is -1.79. The van der Waals surface area contributed by atoms with Crippen molar-refractivity contribution in [1.82, 2.24) is 0 Å². The van der Waals surface area contributed by atoms with Gasteiger partial charge in [0.1, 0.15) is 11.6 Å². The van der Waals surface area contributed by atoms with Crippen LogP contribution in [0.1, 0.15) is 5.56 Å². The van der Waals surface area contributed by atoms with Gasteiger partial charge in [0, 0.05) is 6.07 Å². The molecule has 0 fully saturated rings. The van der Waals surface area contributed by atoms with E-state index >= 15 is 0 Å². The van der Waals surface area contributed by atoms with Crippen LogP contribution in [0.2, 0.25) is 0 Å². The van der Waals surface area contributed by atoms with Gasteiger partial charge in [0.2, 0.25) is 5.91 Å². The standard InChI is InChI=1S/C15H13BrF2N2O/c16-10-7-12(18)14(8-11(10)17)20-15(21)13(19)6-9-4-2-1-3-5-9/h1-5,7-8,13H,6,19H2,(H,20,21)/t13-/m0/s1. The Balaban J connectivity index is 2.06. The summed E-state index contributed by atoms with van der Waals surface area (Å²) < 4.78 is 27.0. The van der Waals surface area contributed by atoms with Crippen LogP contribution in [0.5, 0.6) is 0 Å². The van der Waals surface area contributed by atoms with E-state index in [4.69, 9.17) is 5.73 Å². The van der Waals surface area contributed by atoms with Crippen LogP contribution in [0.4, 0.5) is 14.5 Å². The number of benzene rings is 2. The molecule has 2 aromatic rings. The van der Waals surface area contributed by atoms with E-state index in [2.05, 4.69) is 21.2 Å². The van der Waals surface area contributed by atoms with Crippen LogP contribution >= 0.6 is 15.9 Å². The summed E-state index contributed by atoms with van der Waals surface area (Å²) in [6.07, 6.45) is 0.313. The van der Waals surface area contributed by atoms with Gasteiger partial charge in [0.25, 0.3) is 0 Å². The van der Waals surface area contributed by atoms with E-state index in [-0.39, 0.29) is 10.2 Å². The van der Waals surface area contributed by atoms with Gasteiger partial charge in [-0.1, -0.05) is 30.3 Å². The molecule has 0 spiro atoms. The Kier molecular flexibility index (Phi) is 5.03. The number of rotatable bonds is 4. The topological polar surface area (TPSA) is 55.1 Å². The summed E-state index contributed by atoms with van der Waals surface area (Å²) in [6.45, 7) is 0. The van der Waals surface area contributed by atoms with Crippen LogP contribution in [0.15, 0.2) is 46.9 Å². The van der Waals surface area contributed by atoms with Gasteiger partial charge >= 0.3 is 0 Å². The number of amides is 1. The molecule has 2 rings (SSSR count). The summed E-state index contributed by atoms with van der Waals surface area (Å²) in [6, 6.07) is 10.2. The molecule has 0 unspecified atom stereocenters. The summed E-state index contributed by atoms with van der Waals surface area (Å²) >= 11 is 2.87. The predicted octanol–water partition coefficient (Wildman–Crippen LogP) is 3.24. The fraction of sp³-hybridized carbons (Fsp3) is 0.133. The molecule has 0 aliphatic rings. The van der Waals surface area contributed by atoms with Gasteiger partial charge in [0.15, 0.2) is 0 Å². The van der Waals surface area contributed by atoms with Crippen molar-refractivity contribution in [2.75, 3.05) is 5.32 Å². The molecule has 2 aromatic carbocycles. The fourth-order valence-corrected chi connectivity index (χ4v) is 2.12. The normalized spacial score (nSPS) is 12.0. The highest BCUT2D eigenvalue weighted by atomic mass is 79.9. The van der Waals surface area contributed by atoms with Crippen LogP contribution in [0.25, 0.3) is 0 Å². The first-order valence-electron chi connectivity index (χ1n) is 6.22. The number of carbonyl (C=O) groups excluding carboxylic acids is 1. The van der Waals surface area contributed by atoms with E-state index in [1.54, 1.807) is 0 Å². The smallest absolute Gasteiger partial charge is 0.241 e. The number of halogens is 3. The lowest BCUT2D eigenvalue weighted by molar-refractivity contribution is -0.117. The molecule has 3 nitrogen and oxygen atoms in total. The summed E-state index contributed by atoms with van der Waals surface area (Å²) in [5, 5.41) is 2.30. The molecule has 21 heavy (non-hydrogen) atoms. The van der Waals surface area contributed by atoms with E-state index in [9.17, 15) is 13.6 Å². The highest BCUT2D eigenvalue weighted by Crippen LogP contribution is 2.23. The average molecular weight is 355 g/mol. The SMILES string of the molecule is N[C@@H](Cc1ccccc1)C(=O)Nc1cc(F)c(Br)cc1F. The average Bonchev–Trinajstić information content (AvgIpc) is 2.45. The van der Waals surface area contributed by atoms with Gasteiger partial charge in [-0.25, -0.2) is 8.78 Å². The molecule has 6 heteroatoms. The second-order valence-corrected chi connectivity index (χ2v) is 5.39. The predicted molar refractivity (Wildman–Crippen MR) is 80.8 cm³/mol. The molecule has 0 aliphatic heterocycles. The second-order valence-electron chi connectivity index (χ2n) is 4.53. The molecule has 3 N–H and O–H groups in total. The first-order valence-corrected chi connectivity index (χ1v) is 7.01. The minimum absolute atomic E-state index is 0.00779. The van der Waals surface area contributed by atoms with E-state index in [1.807, 2.05) is 30.3 Å². The van der Waals surface area contributed by atoms with Crippen LogP contribution in [-0.2, 0) is 11.2 Å². The van der Waals surface area contributed by atoms with Crippen molar-refractivity contribution in [3.63, 3.8) is 0 Å². The minimum atomic E-state index is -0.849. The third kappa shape index (κ3) is 4.09. The van der Waals surface area contributed by atoms with Gasteiger partial charge in [-0.3, -0.25) is 4.79 Å². The molecular weight excluding hydrogens is 342 g/mol. The third-order valence-corrected chi connectivity index (χ3v) is 3.51. The summed E-state index contributed by atoms with van der Waals surface area (Å²) in [5.41, 5.74) is 6.44. The number of hydrogen-bond acceptors (Lipinski definition) is 2. The Morgan fingerprint density at radius 2 is 1.86 bits per heavy atom. The molecule has 0 aliphatic carbocycles. The summed E-state index contributed by atoms with van der Waals surface area (Å²) in [7, 11) is 0. The summed E-state index contributed by atoms with van der Waals surface area (Å²) in [5.74, 6) is -1.97. The van der Waals surface area contributed by atoms with Crippen LogP contribution < -0.4 is 11.1 Å². The van der Waals surface area contributed by atoms with Gasteiger partial charge < -0.3 is 11.1 Å². The Morgan fingerprint density at radius 3 is 2.52 bits per heavy atom. The van der Waals surface area contributed by atoms with Crippen molar-refractivity contribution in [3.8, 4) is 0 Å². The van der Waals surface area contributed by atoms with Crippen molar-refractivity contribution in [1.29, 1.82) is 0 Å². The molecule has 1 amide bonds. The molecule has 0 saturated carbocycles. The lowest BCUT2D eigenvalue weighted by Crippen LogP contribution is -2.37. The quantitative estimate of drug-likeness (QED) is 0.828. The maximum Gasteiger partial charge on any atom is 0.241 e. The lowest BCUT2D eigenvalue weighted by atomic mass is 10.1. The lowest BCUT2D eigenvalue weighted by Gasteiger charge is -2.13. The maximum absolute atomic E-state index is 13.6. The maximum atomic E-state index is 13.6.